The van der Waals surface area contributed by atoms with Crippen molar-refractivity contribution in [1.29, 1.82) is 5.41 Å². The van der Waals surface area contributed by atoms with Crippen LogP contribution in [0.1, 0.15) is 23.7 Å². The van der Waals surface area contributed by atoms with Gasteiger partial charge in [-0.05, 0) is 42.4 Å². The maximum atomic E-state index is 11.9. The van der Waals surface area contributed by atoms with Gasteiger partial charge in [0.15, 0.2) is 5.65 Å². The van der Waals surface area contributed by atoms with Gasteiger partial charge in [0.2, 0.25) is 0 Å². The molecule has 0 bridgehead atoms. The Kier molecular flexibility index (Phi) is 7.89. The van der Waals surface area contributed by atoms with E-state index >= 15 is 0 Å². The van der Waals surface area contributed by atoms with E-state index in [-0.39, 0.29) is 18.4 Å². The number of rotatable bonds is 12. The van der Waals surface area contributed by atoms with Crippen LogP contribution in [0.3, 0.4) is 0 Å². The lowest BCUT2D eigenvalue weighted by molar-refractivity contribution is -0.141. The molecule has 3 aromatic rings. The summed E-state index contributed by atoms with van der Waals surface area (Å²) in [5.41, 5.74) is 3.09. The van der Waals surface area contributed by atoms with E-state index in [0.29, 0.717) is 18.9 Å². The third-order valence-electron chi connectivity index (χ3n) is 5.52. The minimum atomic E-state index is -1.59. The van der Waals surface area contributed by atoms with E-state index in [1.165, 1.54) is 13.3 Å². The summed E-state index contributed by atoms with van der Waals surface area (Å²) in [6, 6.07) is 11.4. The van der Waals surface area contributed by atoms with Crippen molar-refractivity contribution in [2.75, 3.05) is 44.5 Å². The molecular weight excluding hydrogens is 450 g/mol. The molecule has 9 heteroatoms. The first-order chi connectivity index (χ1) is 16.1. The highest BCUT2D eigenvalue weighted by Gasteiger charge is 2.19. The highest BCUT2D eigenvalue weighted by molar-refractivity contribution is 8.47. The highest BCUT2D eigenvalue weighted by Crippen LogP contribution is 2.54. The van der Waals surface area contributed by atoms with Crippen molar-refractivity contribution in [2.24, 2.45) is 0 Å². The molecule has 0 saturated heterocycles. The van der Waals surface area contributed by atoms with Gasteiger partial charge in [0.25, 0.3) is 0 Å². The summed E-state index contributed by atoms with van der Waals surface area (Å²) in [6.45, 7) is 1.14. The van der Waals surface area contributed by atoms with Crippen LogP contribution in [0.25, 0.3) is 16.6 Å². The molecule has 3 rings (SSSR count). The Hall–Kier alpha value is -3.04. The van der Waals surface area contributed by atoms with Gasteiger partial charge in [0.05, 0.1) is 31.9 Å². The van der Waals surface area contributed by atoms with E-state index in [1.807, 2.05) is 47.2 Å². The van der Waals surface area contributed by atoms with Crippen molar-refractivity contribution in [3.63, 3.8) is 0 Å². The first kappa shape index (κ1) is 25.6. The molecule has 34 heavy (non-hydrogen) atoms. The number of thiol groups is 1. The molecular formula is C25H37N5O3S. The number of benzene rings is 1. The Balaban J connectivity index is 1.75. The van der Waals surface area contributed by atoms with Crippen molar-refractivity contribution < 1.29 is 14.3 Å². The molecule has 0 amide bonds. The van der Waals surface area contributed by atoms with E-state index in [1.54, 1.807) is 6.20 Å². The van der Waals surface area contributed by atoms with Crippen molar-refractivity contribution in [2.45, 2.75) is 19.2 Å². The molecule has 0 radical (unpaired) electrons. The molecule has 1 aromatic carbocycles. The number of carbonyl (C=O) groups excluding carboxylic acids is 1. The number of hydrogen-bond donors (Lipinski definition) is 4. The number of ether oxygens (including phenoxy) is 2. The van der Waals surface area contributed by atoms with Crippen molar-refractivity contribution in [3.8, 4) is 0 Å². The summed E-state index contributed by atoms with van der Waals surface area (Å²) in [7, 11) is -0.211. The fraction of sp³-hybridized carbons (Fsp3) is 0.400. The van der Waals surface area contributed by atoms with Gasteiger partial charge >= 0.3 is 5.97 Å². The van der Waals surface area contributed by atoms with Gasteiger partial charge in [-0.1, -0.05) is 30.3 Å². The largest absolute Gasteiger partial charge is 0.469 e. The zero-order valence-electron chi connectivity index (χ0n) is 20.7. The number of aromatic nitrogens is 3. The Morgan fingerprint density at radius 2 is 1.97 bits per heavy atom. The first-order valence-corrected chi connectivity index (χ1v) is 15.5. The van der Waals surface area contributed by atoms with Crippen molar-refractivity contribution >= 4 is 38.0 Å². The molecule has 186 valence electrons. The second kappa shape index (κ2) is 10.5. The number of esters is 1. The number of methoxy groups -OCH3 is 1. The van der Waals surface area contributed by atoms with Crippen LogP contribution in [0.4, 0.5) is 0 Å². The Bertz CT molecular complexity index is 1150. The molecule has 0 aliphatic rings. The average Bonchev–Trinajstić information content (AvgIpc) is 3.38. The van der Waals surface area contributed by atoms with Crippen LogP contribution in [0.2, 0.25) is 0 Å². The van der Waals surface area contributed by atoms with Gasteiger partial charge in [0.1, 0.15) is 6.73 Å². The first-order valence-electron chi connectivity index (χ1n) is 11.3. The van der Waals surface area contributed by atoms with E-state index < -0.39 is 9.16 Å². The van der Waals surface area contributed by atoms with Crippen molar-refractivity contribution in [3.05, 3.63) is 60.1 Å². The fourth-order valence-corrected chi connectivity index (χ4v) is 4.31. The van der Waals surface area contributed by atoms with Crippen LogP contribution in [0, 0.1) is 5.41 Å². The average molecular weight is 488 g/mol. The van der Waals surface area contributed by atoms with Crippen LogP contribution in [0.15, 0.2) is 48.8 Å². The molecule has 2 heterocycles. The number of nitrogens with zero attached hydrogens (tertiary/aromatic N) is 2. The SMILES string of the molecule is COC(=O)CC(N/C=C(\C=N)c1[nH]nc2c1ccn2COCC[SH](C)(C)(C)C)c1ccccc1. The molecule has 0 saturated carbocycles. The predicted octanol–water partition coefficient (Wildman–Crippen LogP) is 3.81. The summed E-state index contributed by atoms with van der Waals surface area (Å²) in [5, 5.41) is 19.6. The van der Waals surface area contributed by atoms with E-state index in [9.17, 15) is 4.79 Å². The second-order valence-electron chi connectivity index (χ2n) is 10.5. The van der Waals surface area contributed by atoms with Crippen LogP contribution < -0.4 is 5.32 Å². The molecule has 2 aromatic heterocycles. The third kappa shape index (κ3) is 6.98. The Morgan fingerprint density at radius 1 is 1.24 bits per heavy atom. The number of aromatic amines is 1. The summed E-state index contributed by atoms with van der Waals surface area (Å²) in [4.78, 5) is 11.9. The van der Waals surface area contributed by atoms with Gasteiger partial charge in [-0.25, -0.2) is 0 Å². The molecule has 0 aliphatic heterocycles. The van der Waals surface area contributed by atoms with Crippen LogP contribution in [-0.2, 0) is 21.0 Å². The molecule has 1 unspecified atom stereocenters. The van der Waals surface area contributed by atoms with Crippen molar-refractivity contribution in [1.82, 2.24) is 20.1 Å². The fourth-order valence-electron chi connectivity index (χ4n) is 3.45. The summed E-state index contributed by atoms with van der Waals surface area (Å²) in [6.07, 6.45) is 14.5. The van der Waals surface area contributed by atoms with Gasteiger partial charge in [-0.3, -0.25) is 19.1 Å². The topological polar surface area (TPSA) is 105 Å². The number of hydrogen-bond acceptors (Lipinski definition) is 6. The highest BCUT2D eigenvalue weighted by atomic mass is 32.3. The maximum Gasteiger partial charge on any atom is 0.307 e. The standard InChI is InChI=1S/C25H37N5O3S/c1-32-23(31)15-22(19-9-7-6-8-10-19)27-17-20(16-26)24-21-11-12-30(25(21)29-28-24)18-33-13-14-34(2,3,4)5/h6-12,16-17,22,26-27,34H,13-15,18H2,1-5H3,(H,28,29)/b20-17+,26-16?. The predicted molar refractivity (Wildman–Crippen MR) is 143 cm³/mol. The molecule has 1 atom stereocenters. The third-order valence-corrected chi connectivity index (χ3v) is 7.49. The van der Waals surface area contributed by atoms with Crippen LogP contribution in [0.5, 0.6) is 0 Å². The molecule has 0 fully saturated rings. The zero-order chi connectivity index (χ0) is 24.8. The number of allylic oxidation sites excluding steroid dienone is 1. The number of H-pyrrole nitrogens is 1. The van der Waals surface area contributed by atoms with Gasteiger partial charge in [0, 0.05) is 29.6 Å². The van der Waals surface area contributed by atoms with Gasteiger partial charge < -0.3 is 24.8 Å². The zero-order valence-corrected chi connectivity index (χ0v) is 21.6. The number of nitrogens with one attached hydrogen (secondary N) is 3. The summed E-state index contributed by atoms with van der Waals surface area (Å²) in [5.74, 6) is 0.762. The Labute approximate surface area is 201 Å². The van der Waals surface area contributed by atoms with E-state index in [0.717, 1.165) is 28.0 Å². The minimum absolute atomic E-state index is 0.170. The summed E-state index contributed by atoms with van der Waals surface area (Å²) < 4.78 is 12.7. The second-order valence-corrected chi connectivity index (χ2v) is 18.8. The smallest absolute Gasteiger partial charge is 0.307 e. The molecule has 3 N–H and O–H groups in total. The quantitative estimate of drug-likeness (QED) is 0.135. The number of carbonyl (C=O) groups is 1. The summed E-state index contributed by atoms with van der Waals surface area (Å²) >= 11 is 0. The lowest BCUT2D eigenvalue weighted by Crippen LogP contribution is -2.20. The van der Waals surface area contributed by atoms with E-state index in [2.05, 4.69) is 40.5 Å². The molecule has 8 nitrogen and oxygen atoms in total. The Morgan fingerprint density at radius 3 is 2.62 bits per heavy atom. The lowest BCUT2D eigenvalue weighted by atomic mass is 10.0. The van der Waals surface area contributed by atoms with Gasteiger partial charge in [-0.15, -0.1) is 0 Å². The molecule has 0 aliphatic carbocycles. The lowest BCUT2D eigenvalue weighted by Gasteiger charge is -2.46. The monoisotopic (exact) mass is 487 g/mol. The molecule has 0 spiro atoms. The number of fused-ring (bicyclic) bond motifs is 1. The van der Waals surface area contributed by atoms with Crippen LogP contribution >= 0.6 is 9.16 Å². The normalized spacial score (nSPS) is 14.4. The van der Waals surface area contributed by atoms with E-state index in [4.69, 9.17) is 14.9 Å². The minimum Gasteiger partial charge on any atom is -0.469 e. The van der Waals surface area contributed by atoms with Crippen LogP contribution in [-0.4, -0.2) is 71.4 Å². The maximum absolute atomic E-state index is 11.9. The van der Waals surface area contributed by atoms with Gasteiger partial charge in [-0.2, -0.15) is 5.10 Å².